The van der Waals surface area contributed by atoms with Crippen molar-refractivity contribution >= 4 is 16.0 Å². The minimum atomic E-state index is -3.31. The topological polar surface area (TPSA) is 83.0 Å². The van der Waals surface area contributed by atoms with Gasteiger partial charge in [0.05, 0.1) is 19.3 Å². The Kier molecular flexibility index (Phi) is 8.29. The van der Waals surface area contributed by atoms with E-state index < -0.39 is 15.6 Å². The molecule has 0 fully saturated rings. The van der Waals surface area contributed by atoms with E-state index in [0.29, 0.717) is 31.4 Å². The smallest absolute Gasteiger partial charge is 0.209 e. The van der Waals surface area contributed by atoms with Crippen LogP contribution in [0.5, 0.6) is 5.75 Å². The van der Waals surface area contributed by atoms with Gasteiger partial charge in [-0.05, 0) is 45.0 Å². The van der Waals surface area contributed by atoms with E-state index in [9.17, 15) is 12.8 Å². The van der Waals surface area contributed by atoms with Gasteiger partial charge >= 0.3 is 0 Å². The lowest BCUT2D eigenvalue weighted by Crippen LogP contribution is -2.47. The molecule has 9 heteroatoms. The highest BCUT2D eigenvalue weighted by atomic mass is 32.2. The van der Waals surface area contributed by atoms with Crippen LogP contribution in [0.4, 0.5) is 4.39 Å². The van der Waals surface area contributed by atoms with Gasteiger partial charge in [0.25, 0.3) is 0 Å². The number of nitrogens with one attached hydrogen (secondary N) is 2. The summed E-state index contributed by atoms with van der Waals surface area (Å²) in [6.45, 7) is 7.43. The van der Waals surface area contributed by atoms with Gasteiger partial charge in [0.1, 0.15) is 18.2 Å². The van der Waals surface area contributed by atoms with Crippen LogP contribution in [0, 0.1) is 5.82 Å². The molecule has 7 nitrogen and oxygen atoms in total. The fraction of sp³-hybridized carbons (Fsp3) is 0.588. The minimum absolute atomic E-state index is 0.283. The third-order valence-electron chi connectivity index (χ3n) is 3.29. The highest BCUT2D eigenvalue weighted by Gasteiger charge is 2.22. The molecule has 0 aliphatic rings. The number of guanidine groups is 1. The quantitative estimate of drug-likeness (QED) is 0.494. The first-order valence-electron chi connectivity index (χ1n) is 8.39. The maximum atomic E-state index is 12.9. The Bertz CT molecular complexity index is 690. The van der Waals surface area contributed by atoms with Crippen LogP contribution >= 0.6 is 0 Å². The molecule has 0 unspecified atom stereocenters. The average molecular weight is 389 g/mol. The Morgan fingerprint density at radius 1 is 1.31 bits per heavy atom. The van der Waals surface area contributed by atoms with Crippen molar-refractivity contribution in [2.24, 2.45) is 4.99 Å². The third-order valence-corrected chi connectivity index (χ3v) is 4.21. The van der Waals surface area contributed by atoms with Gasteiger partial charge in [-0.2, -0.15) is 0 Å². The van der Waals surface area contributed by atoms with Crippen LogP contribution in [0.1, 0.15) is 20.8 Å². The number of hydrogen-bond donors (Lipinski definition) is 2. The summed E-state index contributed by atoms with van der Waals surface area (Å²) in [7, 11) is -1.44. The predicted molar refractivity (Wildman–Crippen MR) is 103 cm³/mol. The van der Waals surface area contributed by atoms with Crippen molar-refractivity contribution in [1.82, 2.24) is 14.9 Å². The fourth-order valence-corrected chi connectivity index (χ4v) is 3.28. The van der Waals surface area contributed by atoms with Crippen molar-refractivity contribution in [2.75, 3.05) is 39.5 Å². The van der Waals surface area contributed by atoms with E-state index in [0.717, 1.165) is 6.26 Å². The molecule has 0 spiro atoms. The molecule has 0 amide bonds. The van der Waals surface area contributed by atoms with Crippen molar-refractivity contribution in [3.8, 4) is 5.75 Å². The summed E-state index contributed by atoms with van der Waals surface area (Å²) in [5, 5.41) is 3.17. The first kappa shape index (κ1) is 22.2. The lowest BCUT2D eigenvalue weighted by molar-refractivity contribution is 0.280. The van der Waals surface area contributed by atoms with Crippen molar-refractivity contribution in [3.63, 3.8) is 0 Å². The Balaban J connectivity index is 2.61. The van der Waals surface area contributed by atoms with Gasteiger partial charge < -0.3 is 15.0 Å². The Labute approximate surface area is 155 Å². The van der Waals surface area contributed by atoms with Crippen molar-refractivity contribution < 1.29 is 17.5 Å². The summed E-state index contributed by atoms with van der Waals surface area (Å²) in [4.78, 5) is 6.40. The maximum absolute atomic E-state index is 12.9. The molecule has 1 rings (SSSR count). The molecule has 148 valence electrons. The second-order valence-electron chi connectivity index (χ2n) is 6.65. The number of hydrogen-bond acceptors (Lipinski definition) is 4. The predicted octanol–water partition coefficient (Wildman–Crippen LogP) is 1.43. The Morgan fingerprint density at radius 3 is 2.46 bits per heavy atom. The molecule has 0 bridgehead atoms. The molecule has 0 radical (unpaired) electrons. The number of aliphatic imine (C=N–C) groups is 1. The molecule has 0 aliphatic heterocycles. The number of halogens is 1. The molecule has 1 aromatic carbocycles. The second kappa shape index (κ2) is 9.72. The monoisotopic (exact) mass is 388 g/mol. The summed E-state index contributed by atoms with van der Waals surface area (Å²) < 4.78 is 43.9. The molecular weight excluding hydrogens is 359 g/mol. The first-order valence-corrected chi connectivity index (χ1v) is 10.3. The van der Waals surface area contributed by atoms with Crippen molar-refractivity contribution in [3.05, 3.63) is 30.1 Å². The van der Waals surface area contributed by atoms with E-state index in [1.807, 2.05) is 18.9 Å². The number of sulfonamides is 1. The molecule has 0 saturated carbocycles. The van der Waals surface area contributed by atoms with Gasteiger partial charge in [-0.1, -0.05) is 0 Å². The molecule has 0 aliphatic carbocycles. The Morgan fingerprint density at radius 2 is 1.92 bits per heavy atom. The van der Waals surface area contributed by atoms with Crippen molar-refractivity contribution in [2.45, 2.75) is 26.3 Å². The van der Waals surface area contributed by atoms with E-state index >= 15 is 0 Å². The zero-order valence-electron chi connectivity index (χ0n) is 16.0. The van der Waals surface area contributed by atoms with Crippen LogP contribution < -0.4 is 14.8 Å². The number of rotatable bonds is 9. The summed E-state index contributed by atoms with van der Waals surface area (Å²) in [5.74, 6) is 0.945. The van der Waals surface area contributed by atoms with E-state index in [4.69, 9.17) is 4.74 Å². The molecular formula is C17H29FN4O3S. The molecule has 0 atom stereocenters. The SMILES string of the molecule is CCNC(=NCC(C)(C)NS(C)(=O)=O)N(C)CCOc1ccc(F)cc1. The van der Waals surface area contributed by atoms with Gasteiger partial charge in [-0.3, -0.25) is 4.99 Å². The highest BCUT2D eigenvalue weighted by Crippen LogP contribution is 2.11. The first-order chi connectivity index (χ1) is 12.0. The number of nitrogens with zero attached hydrogens (tertiary/aromatic N) is 2. The van der Waals surface area contributed by atoms with Crippen LogP contribution in [0.3, 0.4) is 0 Å². The fourth-order valence-electron chi connectivity index (χ4n) is 2.21. The van der Waals surface area contributed by atoms with Gasteiger partial charge in [-0.25, -0.2) is 17.5 Å². The maximum Gasteiger partial charge on any atom is 0.209 e. The molecule has 26 heavy (non-hydrogen) atoms. The average Bonchev–Trinajstić information content (AvgIpc) is 2.51. The summed E-state index contributed by atoms with van der Waals surface area (Å²) >= 11 is 0. The summed E-state index contributed by atoms with van der Waals surface area (Å²) in [6, 6.07) is 5.85. The van der Waals surface area contributed by atoms with Gasteiger partial charge in [-0.15, -0.1) is 0 Å². The molecule has 0 saturated heterocycles. The largest absolute Gasteiger partial charge is 0.492 e. The normalized spacial score (nSPS) is 12.8. The van der Waals surface area contributed by atoms with Gasteiger partial charge in [0.2, 0.25) is 10.0 Å². The highest BCUT2D eigenvalue weighted by molar-refractivity contribution is 7.88. The second-order valence-corrected chi connectivity index (χ2v) is 8.40. The van der Waals surface area contributed by atoms with Crippen LogP contribution in [-0.2, 0) is 10.0 Å². The minimum Gasteiger partial charge on any atom is -0.492 e. The van der Waals surface area contributed by atoms with E-state index in [2.05, 4.69) is 15.0 Å². The number of ether oxygens (including phenoxy) is 1. The molecule has 0 aromatic heterocycles. The standard InChI is InChI=1S/C17H29FN4O3S/c1-6-19-16(20-13-17(2,3)21-26(5,23)24)22(4)11-12-25-15-9-7-14(18)8-10-15/h7-10,21H,6,11-13H2,1-5H3,(H,19,20). The van der Waals surface area contributed by atoms with Crippen LogP contribution in [-0.4, -0.2) is 64.4 Å². The van der Waals surface area contributed by atoms with Crippen LogP contribution in [0.25, 0.3) is 0 Å². The van der Waals surface area contributed by atoms with E-state index in [1.165, 1.54) is 12.1 Å². The summed E-state index contributed by atoms with van der Waals surface area (Å²) in [6.07, 6.45) is 1.13. The van der Waals surface area contributed by atoms with Crippen LogP contribution in [0.15, 0.2) is 29.3 Å². The van der Waals surface area contributed by atoms with E-state index in [1.54, 1.807) is 26.0 Å². The lowest BCUT2D eigenvalue weighted by atomic mass is 10.1. The van der Waals surface area contributed by atoms with Crippen molar-refractivity contribution in [1.29, 1.82) is 0 Å². The van der Waals surface area contributed by atoms with Gasteiger partial charge in [0.15, 0.2) is 5.96 Å². The molecule has 2 N–H and O–H groups in total. The van der Waals surface area contributed by atoms with Gasteiger partial charge in [0, 0.05) is 19.1 Å². The third kappa shape index (κ3) is 9.00. The lowest BCUT2D eigenvalue weighted by Gasteiger charge is -2.26. The van der Waals surface area contributed by atoms with E-state index in [-0.39, 0.29) is 12.4 Å². The molecule has 1 aromatic rings. The molecule has 0 heterocycles. The zero-order chi connectivity index (χ0) is 19.8. The zero-order valence-corrected chi connectivity index (χ0v) is 16.9. The summed E-state index contributed by atoms with van der Waals surface area (Å²) in [5.41, 5.74) is -0.695. The van der Waals surface area contributed by atoms with Crippen LogP contribution in [0.2, 0.25) is 0 Å². The Hall–Kier alpha value is -1.87. The number of benzene rings is 1. The number of likely N-dealkylation sites (N-methyl/N-ethyl adjacent to an activating group) is 1.